The van der Waals surface area contributed by atoms with E-state index in [2.05, 4.69) is 34.2 Å². The number of carbonyl (C=O) groups excluding carboxylic acids is 1. The molecule has 1 aliphatic rings. The van der Waals surface area contributed by atoms with E-state index in [1.807, 2.05) is 28.8 Å². The van der Waals surface area contributed by atoms with Gasteiger partial charge in [-0.3, -0.25) is 9.78 Å². The zero-order valence-corrected chi connectivity index (χ0v) is 14.4. The van der Waals surface area contributed by atoms with Crippen molar-refractivity contribution in [3.05, 3.63) is 60.3 Å². The number of hydrogen-bond acceptors (Lipinski definition) is 3. The van der Waals surface area contributed by atoms with Crippen LogP contribution in [0.5, 0.6) is 0 Å². The van der Waals surface area contributed by atoms with Crippen LogP contribution in [0.3, 0.4) is 0 Å². The van der Waals surface area contributed by atoms with Crippen molar-refractivity contribution in [2.75, 3.05) is 13.1 Å². The summed E-state index contributed by atoms with van der Waals surface area (Å²) in [5.41, 5.74) is 2.90. The van der Waals surface area contributed by atoms with Gasteiger partial charge in [-0.05, 0) is 42.9 Å². The second kappa shape index (κ2) is 6.67. The number of nitrogens with zero attached hydrogens (tertiary/aromatic N) is 4. The van der Waals surface area contributed by atoms with Gasteiger partial charge in [0.15, 0.2) is 0 Å². The number of carbonyl (C=O) groups is 1. The lowest BCUT2D eigenvalue weighted by atomic mass is 9.89. The van der Waals surface area contributed by atoms with Crippen molar-refractivity contribution in [2.24, 2.45) is 13.0 Å². The van der Waals surface area contributed by atoms with Crippen LogP contribution in [-0.2, 0) is 13.5 Å². The highest BCUT2D eigenvalue weighted by atomic mass is 16.2. The van der Waals surface area contributed by atoms with E-state index in [1.54, 1.807) is 12.5 Å². The van der Waals surface area contributed by atoms with Crippen molar-refractivity contribution in [2.45, 2.75) is 19.3 Å². The van der Waals surface area contributed by atoms with Gasteiger partial charge in [-0.15, -0.1) is 0 Å². The minimum Gasteiger partial charge on any atom is -0.340 e. The van der Waals surface area contributed by atoms with Crippen LogP contribution < -0.4 is 0 Å². The first-order valence-electron chi connectivity index (χ1n) is 8.80. The molecule has 3 aromatic rings. The van der Waals surface area contributed by atoms with Gasteiger partial charge >= 0.3 is 0 Å². The molecular weight excluding hydrogens is 312 g/mol. The summed E-state index contributed by atoms with van der Waals surface area (Å²) < 4.78 is 1.82. The first-order chi connectivity index (χ1) is 12.2. The zero-order chi connectivity index (χ0) is 17.2. The SMILES string of the molecule is Cn1cnc(C(=O)N2CCC[C@H](Cc3cccc4ncccc34)C2)c1. The molecule has 128 valence electrons. The summed E-state index contributed by atoms with van der Waals surface area (Å²) in [5, 5.41) is 1.22. The fourth-order valence-electron chi connectivity index (χ4n) is 3.76. The van der Waals surface area contributed by atoms with Crippen molar-refractivity contribution in [3.63, 3.8) is 0 Å². The molecule has 0 saturated carbocycles. The van der Waals surface area contributed by atoms with Crippen molar-refractivity contribution in [3.8, 4) is 0 Å². The molecule has 1 aromatic carbocycles. The largest absolute Gasteiger partial charge is 0.340 e. The quantitative estimate of drug-likeness (QED) is 0.740. The molecule has 2 aromatic heterocycles. The Hall–Kier alpha value is -2.69. The Labute approximate surface area is 147 Å². The number of amides is 1. The number of imidazole rings is 1. The van der Waals surface area contributed by atoms with E-state index in [-0.39, 0.29) is 5.91 Å². The van der Waals surface area contributed by atoms with Crippen LogP contribution >= 0.6 is 0 Å². The molecule has 1 saturated heterocycles. The van der Waals surface area contributed by atoms with Crippen LogP contribution in [-0.4, -0.2) is 38.4 Å². The lowest BCUT2D eigenvalue weighted by Crippen LogP contribution is -2.40. The average Bonchev–Trinajstić information content (AvgIpc) is 3.08. The molecule has 25 heavy (non-hydrogen) atoms. The van der Waals surface area contributed by atoms with Crippen LogP contribution in [0.1, 0.15) is 28.9 Å². The van der Waals surface area contributed by atoms with E-state index < -0.39 is 0 Å². The van der Waals surface area contributed by atoms with Crippen LogP contribution in [0.4, 0.5) is 0 Å². The van der Waals surface area contributed by atoms with Crippen LogP contribution in [0.25, 0.3) is 10.9 Å². The Bertz CT molecular complexity index is 896. The highest BCUT2D eigenvalue weighted by Crippen LogP contribution is 2.25. The Morgan fingerprint density at radius 2 is 2.16 bits per heavy atom. The number of fused-ring (bicyclic) bond motifs is 1. The number of aryl methyl sites for hydroxylation is 1. The van der Waals surface area contributed by atoms with Gasteiger partial charge in [-0.25, -0.2) is 4.98 Å². The summed E-state index contributed by atoms with van der Waals surface area (Å²) in [5.74, 6) is 0.525. The maximum atomic E-state index is 12.7. The Balaban J connectivity index is 1.50. The van der Waals surface area contributed by atoms with Gasteiger partial charge in [0, 0.05) is 37.9 Å². The van der Waals surface area contributed by atoms with Crippen LogP contribution in [0.15, 0.2) is 49.1 Å². The first kappa shape index (κ1) is 15.8. The summed E-state index contributed by atoms with van der Waals surface area (Å²) in [7, 11) is 1.89. The zero-order valence-electron chi connectivity index (χ0n) is 14.4. The number of hydrogen-bond donors (Lipinski definition) is 0. The first-order valence-corrected chi connectivity index (χ1v) is 8.80. The number of piperidine rings is 1. The van der Waals surface area contributed by atoms with Gasteiger partial charge in [-0.1, -0.05) is 18.2 Å². The molecule has 1 aliphatic heterocycles. The summed E-state index contributed by atoms with van der Waals surface area (Å²) >= 11 is 0. The minimum absolute atomic E-state index is 0.0462. The maximum absolute atomic E-state index is 12.7. The van der Waals surface area contributed by atoms with Gasteiger partial charge < -0.3 is 9.47 Å². The molecule has 5 nitrogen and oxygen atoms in total. The molecule has 0 bridgehead atoms. The van der Waals surface area contributed by atoms with E-state index in [0.29, 0.717) is 11.6 Å². The van der Waals surface area contributed by atoms with E-state index in [9.17, 15) is 4.79 Å². The normalized spacial score (nSPS) is 17.8. The standard InChI is InChI=1S/C20H22N4O/c1-23-13-19(22-14-23)20(25)24-10-4-5-15(12-24)11-16-6-2-8-18-17(16)7-3-9-21-18/h2-3,6-9,13-15H,4-5,10-12H2,1H3/t15-/m1/s1. The van der Waals surface area contributed by atoms with Crippen molar-refractivity contribution >= 4 is 16.8 Å². The van der Waals surface area contributed by atoms with Crippen LogP contribution in [0, 0.1) is 5.92 Å². The monoisotopic (exact) mass is 334 g/mol. The maximum Gasteiger partial charge on any atom is 0.274 e. The Morgan fingerprint density at radius 1 is 1.24 bits per heavy atom. The van der Waals surface area contributed by atoms with E-state index >= 15 is 0 Å². The van der Waals surface area contributed by atoms with Gasteiger partial charge in [0.1, 0.15) is 5.69 Å². The molecule has 0 radical (unpaired) electrons. The number of aromatic nitrogens is 3. The summed E-state index contributed by atoms with van der Waals surface area (Å²) in [4.78, 5) is 23.3. The number of rotatable bonds is 3. The van der Waals surface area contributed by atoms with Gasteiger partial charge in [0.05, 0.1) is 11.8 Å². The molecule has 0 aliphatic carbocycles. The number of likely N-dealkylation sites (tertiary alicyclic amines) is 1. The third-order valence-electron chi connectivity index (χ3n) is 4.97. The fourth-order valence-corrected chi connectivity index (χ4v) is 3.76. The average molecular weight is 334 g/mol. The third kappa shape index (κ3) is 3.27. The van der Waals surface area contributed by atoms with E-state index in [0.717, 1.165) is 37.9 Å². The summed E-state index contributed by atoms with van der Waals surface area (Å²) in [6.45, 7) is 1.62. The van der Waals surface area contributed by atoms with E-state index in [1.165, 1.54) is 10.9 Å². The Morgan fingerprint density at radius 3 is 3.00 bits per heavy atom. The second-order valence-electron chi connectivity index (χ2n) is 6.88. The second-order valence-corrected chi connectivity index (χ2v) is 6.88. The van der Waals surface area contributed by atoms with Gasteiger partial charge in [0.25, 0.3) is 5.91 Å². The molecule has 4 rings (SSSR count). The molecular formula is C20H22N4O. The summed E-state index contributed by atoms with van der Waals surface area (Å²) in [6, 6.07) is 10.4. The molecule has 1 fully saturated rings. The molecule has 0 unspecified atom stereocenters. The third-order valence-corrected chi connectivity index (χ3v) is 4.97. The lowest BCUT2D eigenvalue weighted by Gasteiger charge is -2.32. The molecule has 0 spiro atoms. The summed E-state index contributed by atoms with van der Waals surface area (Å²) in [6.07, 6.45) is 8.49. The van der Waals surface area contributed by atoms with Crippen molar-refractivity contribution in [1.82, 2.24) is 19.4 Å². The predicted molar refractivity (Wildman–Crippen MR) is 97.3 cm³/mol. The van der Waals surface area contributed by atoms with Gasteiger partial charge in [-0.2, -0.15) is 0 Å². The molecule has 1 atom stereocenters. The van der Waals surface area contributed by atoms with E-state index in [4.69, 9.17) is 0 Å². The fraction of sp³-hybridized carbons (Fsp3) is 0.350. The van der Waals surface area contributed by atoms with Crippen molar-refractivity contribution in [1.29, 1.82) is 0 Å². The molecule has 5 heteroatoms. The van der Waals surface area contributed by atoms with Crippen molar-refractivity contribution < 1.29 is 4.79 Å². The van der Waals surface area contributed by atoms with Gasteiger partial charge in [0.2, 0.25) is 0 Å². The highest BCUT2D eigenvalue weighted by Gasteiger charge is 2.26. The number of benzene rings is 1. The smallest absolute Gasteiger partial charge is 0.274 e. The topological polar surface area (TPSA) is 51.0 Å². The van der Waals surface area contributed by atoms with Crippen LogP contribution in [0.2, 0.25) is 0 Å². The highest BCUT2D eigenvalue weighted by molar-refractivity contribution is 5.92. The molecule has 3 heterocycles. The molecule has 1 amide bonds. The number of pyridine rings is 1. The molecule has 0 N–H and O–H groups in total. The lowest BCUT2D eigenvalue weighted by molar-refractivity contribution is 0.0668. The minimum atomic E-state index is 0.0462. The predicted octanol–water partition coefficient (Wildman–Crippen LogP) is 3.06. The Kier molecular flexibility index (Phi) is 4.22.